The summed E-state index contributed by atoms with van der Waals surface area (Å²) in [7, 11) is 0. The van der Waals surface area contributed by atoms with Gasteiger partial charge in [-0.25, -0.2) is 9.37 Å². The van der Waals surface area contributed by atoms with Gasteiger partial charge in [0.25, 0.3) is 5.91 Å². The van der Waals surface area contributed by atoms with Gasteiger partial charge >= 0.3 is 0 Å². The average molecular weight is 400 g/mol. The molecule has 0 unspecified atom stereocenters. The lowest BCUT2D eigenvalue weighted by molar-refractivity contribution is 0.0760. The minimum absolute atomic E-state index is 0.103. The topological polar surface area (TPSA) is 54.7 Å². The van der Waals surface area contributed by atoms with Gasteiger partial charge in [0.1, 0.15) is 17.2 Å². The second-order valence-corrected chi connectivity index (χ2v) is 7.39. The summed E-state index contributed by atoms with van der Waals surface area (Å²) in [6, 6.07) is 7.38. The van der Waals surface area contributed by atoms with Gasteiger partial charge in [0.05, 0.1) is 16.8 Å². The van der Waals surface area contributed by atoms with Crippen LogP contribution in [0.2, 0.25) is 5.02 Å². The van der Waals surface area contributed by atoms with E-state index < -0.39 is 11.6 Å². The van der Waals surface area contributed by atoms with Gasteiger partial charge in [0, 0.05) is 24.8 Å². The lowest BCUT2D eigenvalue weighted by atomic mass is 10.0. The molecule has 144 valence electrons. The Morgan fingerprint density at radius 1 is 1.04 bits per heavy atom. The van der Waals surface area contributed by atoms with E-state index >= 15 is 0 Å². The summed E-state index contributed by atoms with van der Waals surface area (Å²) in [6.07, 6.45) is 7.09. The third kappa shape index (κ3) is 3.52. The fraction of sp³-hybridized carbons (Fsp3) is 0.286. The number of halogens is 2. The molecule has 0 spiro atoms. The number of imidazole rings is 1. The van der Waals surface area contributed by atoms with Crippen LogP contribution < -0.4 is 0 Å². The van der Waals surface area contributed by atoms with Crippen molar-refractivity contribution in [2.45, 2.75) is 25.7 Å². The number of hydrogen-bond donors (Lipinski definition) is 0. The third-order valence-corrected chi connectivity index (χ3v) is 5.28. The summed E-state index contributed by atoms with van der Waals surface area (Å²) in [5, 5.41) is 0.443. The van der Waals surface area contributed by atoms with Gasteiger partial charge < -0.3 is 4.90 Å². The zero-order chi connectivity index (χ0) is 19.7. The van der Waals surface area contributed by atoms with Crippen LogP contribution in [-0.2, 0) is 0 Å². The molecule has 1 aliphatic heterocycles. The summed E-state index contributed by atoms with van der Waals surface area (Å²) in [5.74, 6) is -1.43. The second kappa shape index (κ2) is 7.72. The summed E-state index contributed by atoms with van der Waals surface area (Å²) in [4.78, 5) is 31.4. The summed E-state index contributed by atoms with van der Waals surface area (Å²) >= 11 is 5.99. The van der Waals surface area contributed by atoms with Crippen LogP contribution in [0.15, 0.2) is 42.7 Å². The van der Waals surface area contributed by atoms with E-state index in [0.717, 1.165) is 31.7 Å². The number of ketones is 1. The lowest BCUT2D eigenvalue weighted by Crippen LogP contribution is -2.32. The van der Waals surface area contributed by atoms with Crippen molar-refractivity contribution in [3.05, 3.63) is 70.4 Å². The molecule has 5 nitrogen and oxygen atoms in total. The van der Waals surface area contributed by atoms with E-state index in [1.807, 2.05) is 0 Å². The minimum Gasteiger partial charge on any atom is -0.339 e. The molecular weight excluding hydrogens is 381 g/mol. The van der Waals surface area contributed by atoms with Crippen molar-refractivity contribution in [1.82, 2.24) is 14.3 Å². The maximum Gasteiger partial charge on any atom is 0.253 e. The van der Waals surface area contributed by atoms with E-state index in [2.05, 4.69) is 4.98 Å². The molecule has 1 fully saturated rings. The lowest BCUT2D eigenvalue weighted by Gasteiger charge is -2.20. The van der Waals surface area contributed by atoms with Gasteiger partial charge in [-0.3, -0.25) is 14.0 Å². The molecule has 4 rings (SSSR count). The summed E-state index contributed by atoms with van der Waals surface area (Å²) in [6.45, 7) is 1.37. The van der Waals surface area contributed by atoms with Crippen LogP contribution in [-0.4, -0.2) is 39.1 Å². The van der Waals surface area contributed by atoms with Gasteiger partial charge in [-0.1, -0.05) is 24.4 Å². The number of pyridine rings is 1. The number of nitrogens with zero attached hydrogens (tertiary/aromatic N) is 3. The number of likely N-dealkylation sites (tertiary alicyclic amines) is 1. The van der Waals surface area contributed by atoms with E-state index in [4.69, 9.17) is 11.6 Å². The number of fused-ring (bicyclic) bond motifs is 1. The van der Waals surface area contributed by atoms with Crippen LogP contribution in [0.4, 0.5) is 4.39 Å². The van der Waals surface area contributed by atoms with Crippen molar-refractivity contribution in [2.24, 2.45) is 0 Å². The van der Waals surface area contributed by atoms with Crippen molar-refractivity contribution in [3.8, 4) is 0 Å². The molecule has 2 aromatic heterocycles. The zero-order valence-electron chi connectivity index (χ0n) is 15.2. The maximum absolute atomic E-state index is 14.7. The van der Waals surface area contributed by atoms with Crippen LogP contribution in [0, 0.1) is 5.82 Å². The fourth-order valence-corrected chi connectivity index (χ4v) is 3.71. The van der Waals surface area contributed by atoms with Crippen molar-refractivity contribution in [3.63, 3.8) is 0 Å². The molecule has 1 aliphatic rings. The first-order chi connectivity index (χ1) is 13.5. The molecule has 1 aromatic carbocycles. The largest absolute Gasteiger partial charge is 0.339 e. The average Bonchev–Trinajstić information content (AvgIpc) is 2.91. The van der Waals surface area contributed by atoms with E-state index in [1.165, 1.54) is 22.7 Å². The minimum atomic E-state index is -0.720. The van der Waals surface area contributed by atoms with Crippen molar-refractivity contribution in [2.75, 3.05) is 13.1 Å². The molecule has 0 aliphatic carbocycles. The van der Waals surface area contributed by atoms with E-state index in [1.54, 1.807) is 23.2 Å². The van der Waals surface area contributed by atoms with Crippen LogP contribution in [0.5, 0.6) is 0 Å². The number of amides is 1. The Bertz CT molecular complexity index is 1050. The fourth-order valence-electron chi connectivity index (χ4n) is 3.55. The molecule has 3 aromatic rings. The Hall–Kier alpha value is -2.73. The quantitative estimate of drug-likeness (QED) is 0.614. The molecule has 0 saturated carbocycles. The highest BCUT2D eigenvalue weighted by molar-refractivity contribution is 6.30. The number of rotatable bonds is 3. The first-order valence-corrected chi connectivity index (χ1v) is 9.68. The number of aromatic nitrogens is 2. The molecule has 3 heterocycles. The number of benzene rings is 1. The van der Waals surface area contributed by atoms with E-state index in [-0.39, 0.29) is 22.7 Å². The van der Waals surface area contributed by atoms with Gasteiger partial charge in [-0.2, -0.15) is 0 Å². The molecule has 1 amide bonds. The number of hydrogen-bond acceptors (Lipinski definition) is 3. The van der Waals surface area contributed by atoms with Crippen LogP contribution in [0.25, 0.3) is 5.65 Å². The van der Waals surface area contributed by atoms with E-state index in [9.17, 15) is 14.0 Å². The van der Waals surface area contributed by atoms with Gasteiger partial charge in [0.15, 0.2) is 0 Å². The molecule has 0 bridgehead atoms. The number of carbonyl (C=O) groups excluding carboxylic acids is 2. The molecule has 0 radical (unpaired) electrons. The van der Waals surface area contributed by atoms with Crippen molar-refractivity contribution < 1.29 is 14.0 Å². The standard InChI is InChI=1S/C21H19ClFN3O2/c22-15-6-8-19-24-12-18(26(19)13-15)20(27)16-7-5-14(11-17(16)23)21(28)25-9-3-1-2-4-10-25/h5-8,11-13H,1-4,9-10H2. The highest BCUT2D eigenvalue weighted by Gasteiger charge is 2.22. The molecular formula is C21H19ClFN3O2. The SMILES string of the molecule is O=C(c1ccc(C(=O)N2CCCCCC2)cc1F)c1cnc2ccc(Cl)cn12. The maximum atomic E-state index is 14.7. The highest BCUT2D eigenvalue weighted by atomic mass is 35.5. The van der Waals surface area contributed by atoms with Crippen LogP contribution >= 0.6 is 11.6 Å². The van der Waals surface area contributed by atoms with Gasteiger partial charge in [-0.15, -0.1) is 0 Å². The molecule has 7 heteroatoms. The van der Waals surface area contributed by atoms with Crippen LogP contribution in [0.1, 0.15) is 52.1 Å². The van der Waals surface area contributed by atoms with E-state index in [0.29, 0.717) is 23.8 Å². The Labute approximate surface area is 166 Å². The summed E-state index contributed by atoms with van der Waals surface area (Å²) in [5.41, 5.74) is 0.912. The van der Waals surface area contributed by atoms with Gasteiger partial charge in [0.2, 0.25) is 5.78 Å². The molecule has 1 saturated heterocycles. The first kappa shape index (κ1) is 18.6. The van der Waals surface area contributed by atoms with Crippen molar-refractivity contribution in [1.29, 1.82) is 0 Å². The number of carbonyl (C=O) groups is 2. The molecule has 0 N–H and O–H groups in total. The Balaban J connectivity index is 1.62. The first-order valence-electron chi connectivity index (χ1n) is 9.31. The van der Waals surface area contributed by atoms with Crippen LogP contribution in [0.3, 0.4) is 0 Å². The summed E-state index contributed by atoms with van der Waals surface area (Å²) < 4.78 is 16.3. The Kier molecular flexibility index (Phi) is 5.13. The van der Waals surface area contributed by atoms with Crippen molar-refractivity contribution >= 4 is 28.9 Å². The molecule has 0 atom stereocenters. The smallest absolute Gasteiger partial charge is 0.253 e. The normalized spacial score (nSPS) is 14.9. The monoisotopic (exact) mass is 399 g/mol. The zero-order valence-corrected chi connectivity index (χ0v) is 16.0. The predicted molar refractivity (Wildman–Crippen MR) is 104 cm³/mol. The highest BCUT2D eigenvalue weighted by Crippen LogP contribution is 2.20. The second-order valence-electron chi connectivity index (χ2n) is 6.95. The Morgan fingerprint density at radius 3 is 2.50 bits per heavy atom. The van der Waals surface area contributed by atoms with Gasteiger partial charge in [-0.05, 0) is 43.2 Å². The Morgan fingerprint density at radius 2 is 1.79 bits per heavy atom. The predicted octanol–water partition coefficient (Wildman–Crippen LogP) is 4.37. The third-order valence-electron chi connectivity index (χ3n) is 5.06. The molecule has 28 heavy (non-hydrogen) atoms.